The average molecular weight is 734 g/mol. The van der Waals surface area contributed by atoms with Crippen LogP contribution in [0.1, 0.15) is 41.7 Å². The van der Waals surface area contributed by atoms with Crippen LogP contribution >= 0.6 is 0 Å². The van der Waals surface area contributed by atoms with E-state index in [0.717, 1.165) is 11.4 Å². The second-order valence-electron chi connectivity index (χ2n) is 16.3. The molecular formula is C54H43N3. The Morgan fingerprint density at radius 3 is 1.89 bits per heavy atom. The number of hydrogen-bond donors (Lipinski definition) is 0. The molecule has 1 aromatic heterocycles. The summed E-state index contributed by atoms with van der Waals surface area (Å²) in [7, 11) is 0. The van der Waals surface area contributed by atoms with E-state index in [0.29, 0.717) is 0 Å². The van der Waals surface area contributed by atoms with Crippen molar-refractivity contribution in [1.82, 2.24) is 4.57 Å². The third-order valence-electron chi connectivity index (χ3n) is 12.8. The molecule has 274 valence electrons. The Bertz CT molecular complexity index is 3110. The maximum absolute atomic E-state index is 2.48. The van der Waals surface area contributed by atoms with E-state index in [1.807, 2.05) is 0 Å². The van der Waals surface area contributed by atoms with Gasteiger partial charge < -0.3 is 14.4 Å². The van der Waals surface area contributed by atoms with E-state index in [1.54, 1.807) is 0 Å². The molecule has 0 spiro atoms. The highest BCUT2D eigenvalue weighted by Crippen LogP contribution is 2.55. The van der Waals surface area contributed by atoms with Crippen molar-refractivity contribution in [1.29, 1.82) is 0 Å². The molecule has 0 N–H and O–H groups in total. The van der Waals surface area contributed by atoms with Gasteiger partial charge in [-0.1, -0.05) is 123 Å². The molecule has 0 unspecified atom stereocenters. The summed E-state index contributed by atoms with van der Waals surface area (Å²) in [4.78, 5) is 4.95. The molecule has 3 nitrogen and oxygen atoms in total. The van der Waals surface area contributed by atoms with Gasteiger partial charge in [0.25, 0.3) is 0 Å². The Morgan fingerprint density at radius 1 is 0.456 bits per heavy atom. The number of rotatable bonds is 5. The lowest BCUT2D eigenvalue weighted by Crippen LogP contribution is -2.18. The van der Waals surface area contributed by atoms with E-state index in [2.05, 4.69) is 219 Å². The van der Waals surface area contributed by atoms with Crippen LogP contribution in [-0.2, 0) is 5.41 Å². The van der Waals surface area contributed by atoms with Gasteiger partial charge in [-0.25, -0.2) is 0 Å². The number of para-hydroxylation sites is 5. The normalized spacial score (nSPS) is 13.5. The average Bonchev–Trinajstić information content (AvgIpc) is 3.69. The Kier molecular flexibility index (Phi) is 7.25. The van der Waals surface area contributed by atoms with Crippen LogP contribution in [-0.4, -0.2) is 4.57 Å². The molecular weight excluding hydrogens is 691 g/mol. The number of nitrogens with zero attached hydrogens (tertiary/aromatic N) is 3. The summed E-state index contributed by atoms with van der Waals surface area (Å²) in [6.07, 6.45) is 0. The molecule has 0 amide bonds. The van der Waals surface area contributed by atoms with Crippen LogP contribution in [0.25, 0.3) is 49.7 Å². The number of anilines is 6. The van der Waals surface area contributed by atoms with Crippen LogP contribution in [0, 0.1) is 20.8 Å². The molecule has 2 heterocycles. The quantitative estimate of drug-likeness (QED) is 0.174. The lowest BCUT2D eigenvalue weighted by Gasteiger charge is -2.33. The molecule has 2 aliphatic rings. The van der Waals surface area contributed by atoms with Crippen LogP contribution in [0.5, 0.6) is 0 Å². The fraction of sp³-hybridized carbons (Fsp3) is 0.111. The first-order valence-electron chi connectivity index (χ1n) is 20.0. The van der Waals surface area contributed by atoms with Crippen molar-refractivity contribution in [3.63, 3.8) is 0 Å². The van der Waals surface area contributed by atoms with Gasteiger partial charge in [-0.2, -0.15) is 0 Å². The first kappa shape index (κ1) is 33.5. The standard InChI is InChI=1S/C54H43N3/c1-34-16-6-8-18-39(34)40-20-14-26-48(36(40)3)55(47-22-10-7-17-35(47)2)37-28-30-45-43(32-37)44-33-38(29-31-46(44)54(45,4)5)56-50-24-12-13-25-51(50)57-49-23-11-9-19-41(49)42-21-15-27-52(56)53(42)57/h6-33H,1-5H3. The van der Waals surface area contributed by atoms with Crippen LogP contribution in [0.15, 0.2) is 170 Å². The summed E-state index contributed by atoms with van der Waals surface area (Å²) in [6.45, 7) is 11.5. The number of aromatic nitrogens is 1. The monoisotopic (exact) mass is 733 g/mol. The van der Waals surface area contributed by atoms with E-state index in [-0.39, 0.29) is 5.41 Å². The van der Waals surface area contributed by atoms with Crippen LogP contribution < -0.4 is 9.80 Å². The number of fused-ring (bicyclic) bond motifs is 8. The second-order valence-corrected chi connectivity index (χ2v) is 16.3. The van der Waals surface area contributed by atoms with Crippen molar-refractivity contribution in [2.45, 2.75) is 40.0 Å². The van der Waals surface area contributed by atoms with Crippen molar-refractivity contribution >= 4 is 55.9 Å². The van der Waals surface area contributed by atoms with Gasteiger partial charge in [-0.15, -0.1) is 0 Å². The Labute approximate surface area is 334 Å². The molecule has 8 aromatic carbocycles. The maximum Gasteiger partial charge on any atom is 0.0783 e. The molecule has 0 radical (unpaired) electrons. The van der Waals surface area contributed by atoms with Gasteiger partial charge in [0, 0.05) is 38.9 Å². The zero-order valence-corrected chi connectivity index (χ0v) is 33.0. The molecule has 0 saturated heterocycles. The molecule has 0 fully saturated rings. The zero-order valence-electron chi connectivity index (χ0n) is 33.0. The highest BCUT2D eigenvalue weighted by molar-refractivity contribution is 6.16. The van der Waals surface area contributed by atoms with Crippen LogP contribution in [0.3, 0.4) is 0 Å². The molecule has 1 aliphatic carbocycles. The second kappa shape index (κ2) is 12.3. The molecule has 0 saturated carbocycles. The van der Waals surface area contributed by atoms with Crippen LogP contribution in [0.4, 0.5) is 34.1 Å². The van der Waals surface area contributed by atoms with Gasteiger partial charge in [-0.3, -0.25) is 0 Å². The number of hydrogen-bond acceptors (Lipinski definition) is 2. The van der Waals surface area contributed by atoms with Crippen molar-refractivity contribution in [3.8, 4) is 27.9 Å². The largest absolute Gasteiger partial charge is 0.310 e. The van der Waals surface area contributed by atoms with E-state index in [1.165, 1.54) is 100 Å². The van der Waals surface area contributed by atoms with Gasteiger partial charge in [-0.05, 0) is 132 Å². The first-order chi connectivity index (χ1) is 27.8. The Hall–Kier alpha value is -6.84. The summed E-state index contributed by atoms with van der Waals surface area (Å²) >= 11 is 0. The third-order valence-corrected chi connectivity index (χ3v) is 12.8. The Balaban J connectivity index is 1.11. The maximum atomic E-state index is 2.48. The minimum absolute atomic E-state index is 0.151. The van der Waals surface area contributed by atoms with Crippen molar-refractivity contribution in [3.05, 3.63) is 198 Å². The highest BCUT2D eigenvalue weighted by atomic mass is 15.2. The summed E-state index contributed by atoms with van der Waals surface area (Å²) < 4.78 is 2.46. The highest BCUT2D eigenvalue weighted by Gasteiger charge is 2.37. The molecule has 9 aromatic rings. The minimum atomic E-state index is -0.151. The molecule has 3 heteroatoms. The zero-order chi connectivity index (χ0) is 38.6. The molecule has 0 atom stereocenters. The summed E-state index contributed by atoms with van der Waals surface area (Å²) in [5, 5.41) is 2.55. The minimum Gasteiger partial charge on any atom is -0.310 e. The third kappa shape index (κ3) is 4.79. The van der Waals surface area contributed by atoms with E-state index < -0.39 is 0 Å². The van der Waals surface area contributed by atoms with Crippen molar-refractivity contribution in [2.24, 2.45) is 0 Å². The lowest BCUT2D eigenvalue weighted by atomic mass is 9.82. The van der Waals surface area contributed by atoms with Gasteiger partial charge in [0.15, 0.2) is 0 Å². The fourth-order valence-corrected chi connectivity index (χ4v) is 9.96. The molecule has 0 bridgehead atoms. The SMILES string of the molecule is Cc1ccccc1-c1cccc(N(c2ccc3c(c2)-c2cc(N4c5ccccc5-n5c6ccccc6c6cccc4c65)ccc2C3(C)C)c2ccccc2C)c1C. The van der Waals surface area contributed by atoms with Crippen molar-refractivity contribution < 1.29 is 0 Å². The van der Waals surface area contributed by atoms with Gasteiger partial charge in [0.1, 0.15) is 0 Å². The Morgan fingerprint density at radius 2 is 1.07 bits per heavy atom. The van der Waals surface area contributed by atoms with Crippen molar-refractivity contribution in [2.75, 3.05) is 9.80 Å². The van der Waals surface area contributed by atoms with Gasteiger partial charge in [0.2, 0.25) is 0 Å². The van der Waals surface area contributed by atoms with E-state index >= 15 is 0 Å². The van der Waals surface area contributed by atoms with E-state index in [9.17, 15) is 0 Å². The predicted octanol–water partition coefficient (Wildman–Crippen LogP) is 14.9. The summed E-state index contributed by atoms with van der Waals surface area (Å²) in [6, 6.07) is 63.0. The fourth-order valence-electron chi connectivity index (χ4n) is 9.96. The molecule has 1 aliphatic heterocycles. The number of aryl methyl sites for hydroxylation is 2. The van der Waals surface area contributed by atoms with Gasteiger partial charge >= 0.3 is 0 Å². The van der Waals surface area contributed by atoms with Gasteiger partial charge in [0.05, 0.1) is 28.1 Å². The first-order valence-corrected chi connectivity index (χ1v) is 20.0. The van der Waals surface area contributed by atoms with E-state index in [4.69, 9.17) is 0 Å². The molecule has 57 heavy (non-hydrogen) atoms. The molecule has 11 rings (SSSR count). The smallest absolute Gasteiger partial charge is 0.0783 e. The lowest BCUT2D eigenvalue weighted by molar-refractivity contribution is 0.660. The summed E-state index contributed by atoms with van der Waals surface area (Å²) in [5.41, 5.74) is 22.2. The topological polar surface area (TPSA) is 11.4 Å². The van der Waals surface area contributed by atoms with Crippen LogP contribution in [0.2, 0.25) is 0 Å². The predicted molar refractivity (Wildman–Crippen MR) is 241 cm³/mol. The summed E-state index contributed by atoms with van der Waals surface area (Å²) in [5.74, 6) is 0. The number of benzene rings is 8.